The number of aromatic nitrogens is 1. The van der Waals surface area contributed by atoms with Crippen molar-refractivity contribution in [1.29, 1.82) is 5.26 Å². The number of ether oxygens (including phenoxy) is 1. The first-order chi connectivity index (χ1) is 16.2. The van der Waals surface area contributed by atoms with E-state index >= 15 is 0 Å². The lowest BCUT2D eigenvalue weighted by atomic mass is 10.1. The van der Waals surface area contributed by atoms with Gasteiger partial charge in [0.25, 0.3) is 5.91 Å². The summed E-state index contributed by atoms with van der Waals surface area (Å²) < 4.78 is 46.7. The molecular formula is C24H17F3N4O2S. The molecule has 0 saturated carbocycles. The van der Waals surface area contributed by atoms with Crippen LogP contribution in [0.15, 0.2) is 70.8 Å². The summed E-state index contributed by atoms with van der Waals surface area (Å²) >= 11 is 0.784. The van der Waals surface area contributed by atoms with Crippen molar-refractivity contribution in [3.05, 3.63) is 71.8 Å². The number of carbonyl (C=O) groups excluding carboxylic acids is 1. The van der Waals surface area contributed by atoms with Crippen LogP contribution in [0.4, 0.5) is 18.9 Å². The molecule has 0 fully saturated rings. The fourth-order valence-electron chi connectivity index (χ4n) is 3.40. The molecule has 1 amide bonds. The van der Waals surface area contributed by atoms with Crippen LogP contribution in [0.2, 0.25) is 0 Å². The molecule has 1 aliphatic rings. The van der Waals surface area contributed by atoms with E-state index in [1.807, 2.05) is 0 Å². The fourth-order valence-corrected chi connectivity index (χ4v) is 4.47. The molecule has 34 heavy (non-hydrogen) atoms. The number of halogens is 3. The van der Waals surface area contributed by atoms with Gasteiger partial charge < -0.3 is 4.74 Å². The predicted molar refractivity (Wildman–Crippen MR) is 123 cm³/mol. The minimum Gasteiger partial charge on any atom is -0.497 e. The minimum absolute atomic E-state index is 0.0245. The number of carbonyl (C=O) groups is 1. The molecule has 2 heterocycles. The molecule has 0 spiro atoms. The van der Waals surface area contributed by atoms with Crippen molar-refractivity contribution in [2.45, 2.75) is 23.4 Å². The first-order valence-corrected chi connectivity index (χ1v) is 10.9. The lowest BCUT2D eigenvalue weighted by Crippen LogP contribution is -2.29. The number of hydrogen-bond donors (Lipinski definition) is 0. The normalized spacial score (nSPS) is 15.8. The number of nitrogens with zero attached hydrogens (tertiary/aromatic N) is 4. The molecule has 1 unspecified atom stereocenters. The molecule has 2 aromatic carbocycles. The second-order valence-corrected chi connectivity index (χ2v) is 8.39. The topological polar surface area (TPSA) is 78.6 Å². The lowest BCUT2D eigenvalue weighted by Gasteiger charge is -2.17. The SMILES string of the molecule is COc1ccc(-c2cc(C(F)(F)F)c(C#N)c(SC3C(=O)N(c4ccccc4)N=C3C)n2)cc1. The molecule has 6 nitrogen and oxygen atoms in total. The molecule has 3 aromatic rings. The molecule has 4 rings (SSSR count). The maximum Gasteiger partial charge on any atom is 0.417 e. The van der Waals surface area contributed by atoms with Gasteiger partial charge in [0.1, 0.15) is 22.1 Å². The average molecular weight is 482 g/mol. The Labute approximate surface area is 197 Å². The first-order valence-electron chi connectivity index (χ1n) is 10.0. The van der Waals surface area contributed by atoms with Gasteiger partial charge in [-0.3, -0.25) is 4.79 Å². The molecule has 0 N–H and O–H groups in total. The number of nitriles is 1. The zero-order valence-corrected chi connectivity index (χ0v) is 18.8. The monoisotopic (exact) mass is 482 g/mol. The van der Waals surface area contributed by atoms with Crippen LogP contribution in [0.5, 0.6) is 5.75 Å². The third kappa shape index (κ3) is 4.47. The molecular weight excluding hydrogens is 465 g/mol. The van der Waals surface area contributed by atoms with Gasteiger partial charge in [0, 0.05) is 5.56 Å². The standard InChI is InChI=1S/C24H17F3N4O2S/c1-14-21(23(32)31(30-14)16-6-4-3-5-7-16)34-22-18(13-28)19(24(25,26)27)12-20(29-22)15-8-10-17(33-2)11-9-15/h3-12,21H,1-2H3. The zero-order chi connectivity index (χ0) is 24.5. The van der Waals surface area contributed by atoms with Gasteiger partial charge in [0.15, 0.2) is 0 Å². The van der Waals surface area contributed by atoms with Crippen molar-refractivity contribution in [2.75, 3.05) is 12.1 Å². The van der Waals surface area contributed by atoms with Gasteiger partial charge >= 0.3 is 6.18 Å². The first kappa shape index (κ1) is 23.3. The van der Waals surface area contributed by atoms with Gasteiger partial charge in [-0.1, -0.05) is 30.0 Å². The van der Waals surface area contributed by atoms with Gasteiger partial charge in [-0.25, -0.2) is 4.98 Å². The molecule has 172 valence electrons. The van der Waals surface area contributed by atoms with Crippen LogP contribution in [-0.2, 0) is 11.0 Å². The number of thioether (sulfide) groups is 1. The summed E-state index contributed by atoms with van der Waals surface area (Å²) in [6, 6.07) is 17.5. The largest absolute Gasteiger partial charge is 0.497 e. The Balaban J connectivity index is 1.77. The summed E-state index contributed by atoms with van der Waals surface area (Å²) in [6.07, 6.45) is -4.79. The molecule has 0 saturated heterocycles. The number of hydrazone groups is 1. The van der Waals surface area contributed by atoms with Crippen LogP contribution in [0, 0.1) is 11.3 Å². The van der Waals surface area contributed by atoms with Crippen molar-refractivity contribution in [3.63, 3.8) is 0 Å². The van der Waals surface area contributed by atoms with Crippen LogP contribution >= 0.6 is 11.8 Å². The van der Waals surface area contributed by atoms with Crippen molar-refractivity contribution in [1.82, 2.24) is 4.98 Å². The van der Waals surface area contributed by atoms with Crippen LogP contribution in [-0.4, -0.2) is 29.0 Å². The summed E-state index contributed by atoms with van der Waals surface area (Å²) in [7, 11) is 1.48. The van der Waals surface area contributed by atoms with E-state index in [1.54, 1.807) is 67.6 Å². The van der Waals surface area contributed by atoms with Crippen LogP contribution in [0.25, 0.3) is 11.3 Å². The second-order valence-electron chi connectivity index (χ2n) is 7.30. The maximum absolute atomic E-state index is 13.9. The highest BCUT2D eigenvalue weighted by Gasteiger charge is 2.39. The average Bonchev–Trinajstić information content (AvgIpc) is 3.12. The highest BCUT2D eigenvalue weighted by molar-refractivity contribution is 8.01. The van der Waals surface area contributed by atoms with E-state index in [-0.39, 0.29) is 10.7 Å². The minimum atomic E-state index is -4.79. The summed E-state index contributed by atoms with van der Waals surface area (Å²) in [5.74, 6) is 0.107. The number of rotatable bonds is 5. The highest BCUT2D eigenvalue weighted by Crippen LogP contribution is 2.40. The number of anilines is 1. The van der Waals surface area contributed by atoms with E-state index in [1.165, 1.54) is 12.1 Å². The van der Waals surface area contributed by atoms with Crippen LogP contribution in [0.3, 0.4) is 0 Å². The van der Waals surface area contributed by atoms with Crippen molar-refractivity contribution < 1.29 is 22.7 Å². The van der Waals surface area contributed by atoms with Gasteiger partial charge in [-0.05, 0) is 49.4 Å². The summed E-state index contributed by atoms with van der Waals surface area (Å²) in [4.78, 5) is 17.4. The quantitative estimate of drug-likeness (QED) is 0.478. The van der Waals surface area contributed by atoms with Crippen LogP contribution < -0.4 is 9.75 Å². The zero-order valence-electron chi connectivity index (χ0n) is 18.0. The molecule has 0 radical (unpaired) electrons. The number of hydrogen-bond acceptors (Lipinski definition) is 6. The molecule has 1 atom stereocenters. The van der Waals surface area contributed by atoms with E-state index < -0.39 is 28.5 Å². The highest BCUT2D eigenvalue weighted by atomic mass is 32.2. The lowest BCUT2D eigenvalue weighted by molar-refractivity contribution is -0.138. The maximum atomic E-state index is 13.9. The number of methoxy groups -OCH3 is 1. The van der Waals surface area contributed by atoms with E-state index in [2.05, 4.69) is 10.1 Å². The Kier molecular flexibility index (Phi) is 6.30. The Hall–Kier alpha value is -3.84. The number of para-hydroxylation sites is 1. The molecule has 1 aliphatic heterocycles. The Morgan fingerprint density at radius 3 is 2.38 bits per heavy atom. The number of benzene rings is 2. The van der Waals surface area contributed by atoms with Gasteiger partial charge in [-0.2, -0.15) is 28.5 Å². The Morgan fingerprint density at radius 1 is 1.12 bits per heavy atom. The third-order valence-electron chi connectivity index (χ3n) is 5.09. The molecule has 1 aromatic heterocycles. The van der Waals surface area contributed by atoms with Crippen molar-refractivity contribution >= 4 is 29.1 Å². The van der Waals surface area contributed by atoms with Crippen LogP contribution in [0.1, 0.15) is 18.1 Å². The van der Waals surface area contributed by atoms with E-state index in [4.69, 9.17) is 4.74 Å². The summed E-state index contributed by atoms with van der Waals surface area (Å²) in [5, 5.41) is 14.0. The fraction of sp³-hybridized carbons (Fsp3) is 0.167. The smallest absolute Gasteiger partial charge is 0.417 e. The molecule has 0 aliphatic carbocycles. The van der Waals surface area contributed by atoms with E-state index in [9.17, 15) is 23.2 Å². The van der Waals surface area contributed by atoms with Gasteiger partial charge in [0.05, 0.1) is 35.3 Å². The molecule has 10 heteroatoms. The Bertz CT molecular complexity index is 1300. The Morgan fingerprint density at radius 2 is 1.79 bits per heavy atom. The number of alkyl halides is 3. The summed E-state index contributed by atoms with van der Waals surface area (Å²) in [6.45, 7) is 1.61. The predicted octanol–water partition coefficient (Wildman–Crippen LogP) is 5.53. The second kappa shape index (κ2) is 9.19. The van der Waals surface area contributed by atoms with Gasteiger partial charge in [-0.15, -0.1) is 0 Å². The summed E-state index contributed by atoms with van der Waals surface area (Å²) in [5.41, 5.74) is -0.380. The van der Waals surface area contributed by atoms with E-state index in [0.29, 0.717) is 22.7 Å². The number of amides is 1. The van der Waals surface area contributed by atoms with E-state index in [0.717, 1.165) is 17.8 Å². The molecule has 0 bridgehead atoms. The van der Waals surface area contributed by atoms with Crippen molar-refractivity contribution in [3.8, 4) is 23.1 Å². The van der Waals surface area contributed by atoms with Crippen molar-refractivity contribution in [2.24, 2.45) is 5.10 Å². The van der Waals surface area contributed by atoms with Gasteiger partial charge in [0.2, 0.25) is 0 Å². The third-order valence-corrected chi connectivity index (χ3v) is 6.39. The number of pyridine rings is 1.